The van der Waals surface area contributed by atoms with E-state index < -0.39 is 16.0 Å². The number of pyridine rings is 1. The number of sulfonamides is 1. The van der Waals surface area contributed by atoms with Crippen LogP contribution in [-0.2, 0) is 14.8 Å². The highest BCUT2D eigenvalue weighted by Gasteiger charge is 2.30. The van der Waals surface area contributed by atoms with Gasteiger partial charge in [0.1, 0.15) is 4.90 Å². The number of aromatic nitrogens is 1. The first-order valence-corrected chi connectivity index (χ1v) is 8.92. The molecule has 1 N–H and O–H groups in total. The summed E-state index contributed by atoms with van der Waals surface area (Å²) in [5.74, 6) is 0.662. The van der Waals surface area contributed by atoms with Crippen LogP contribution < -0.4 is 0 Å². The van der Waals surface area contributed by atoms with E-state index in [1.807, 2.05) is 0 Å². The zero-order valence-electron chi connectivity index (χ0n) is 11.5. The lowest BCUT2D eigenvalue weighted by atomic mass is 10.2. The van der Waals surface area contributed by atoms with Gasteiger partial charge in [0.15, 0.2) is 0 Å². The Morgan fingerprint density at radius 2 is 2.29 bits per heavy atom. The number of aliphatic carboxylic acids is 1. The van der Waals surface area contributed by atoms with E-state index in [-0.39, 0.29) is 10.9 Å². The van der Waals surface area contributed by atoms with Gasteiger partial charge in [0.05, 0.1) is 0 Å². The Balaban J connectivity index is 2.27. The molecule has 1 aromatic heterocycles. The average molecular weight is 328 g/mol. The quantitative estimate of drug-likeness (QED) is 0.820. The summed E-state index contributed by atoms with van der Waals surface area (Å²) in [7, 11) is -2.03. The Labute approximate surface area is 127 Å². The second-order valence-corrected chi connectivity index (χ2v) is 7.81. The van der Waals surface area contributed by atoms with Crippen molar-refractivity contribution < 1.29 is 18.3 Å². The SMILES string of the molecule is CN(C1CCSC1)S(=O)(=O)c1cncc(C=CC(=O)O)c1. The second kappa shape index (κ2) is 6.59. The summed E-state index contributed by atoms with van der Waals surface area (Å²) in [6, 6.07) is 1.43. The zero-order chi connectivity index (χ0) is 15.5. The molecule has 1 fully saturated rings. The molecule has 1 aliphatic rings. The summed E-state index contributed by atoms with van der Waals surface area (Å²) >= 11 is 1.74. The lowest BCUT2D eigenvalue weighted by molar-refractivity contribution is -0.131. The number of carbonyl (C=O) groups is 1. The summed E-state index contributed by atoms with van der Waals surface area (Å²) in [4.78, 5) is 14.5. The Morgan fingerprint density at radius 3 is 2.90 bits per heavy atom. The van der Waals surface area contributed by atoms with Crippen LogP contribution in [0.4, 0.5) is 0 Å². The highest BCUT2D eigenvalue weighted by atomic mass is 32.2. The number of thioether (sulfide) groups is 1. The third kappa shape index (κ3) is 3.84. The van der Waals surface area contributed by atoms with E-state index in [2.05, 4.69) is 4.98 Å². The van der Waals surface area contributed by atoms with Crippen molar-refractivity contribution in [3.63, 3.8) is 0 Å². The van der Waals surface area contributed by atoms with Gasteiger partial charge in [-0.15, -0.1) is 0 Å². The highest BCUT2D eigenvalue weighted by Crippen LogP contribution is 2.26. The first-order chi connectivity index (χ1) is 9.91. The van der Waals surface area contributed by atoms with E-state index in [9.17, 15) is 13.2 Å². The molecule has 6 nitrogen and oxygen atoms in total. The molecule has 1 atom stereocenters. The van der Waals surface area contributed by atoms with Crippen molar-refractivity contribution in [1.29, 1.82) is 0 Å². The summed E-state index contributed by atoms with van der Waals surface area (Å²) < 4.78 is 26.5. The van der Waals surface area contributed by atoms with Crippen LogP contribution in [0.1, 0.15) is 12.0 Å². The van der Waals surface area contributed by atoms with Crippen molar-refractivity contribution in [3.8, 4) is 0 Å². The lowest BCUT2D eigenvalue weighted by Crippen LogP contribution is -2.37. The van der Waals surface area contributed by atoms with Crippen LogP contribution in [-0.4, -0.2) is 53.4 Å². The van der Waals surface area contributed by atoms with E-state index in [0.29, 0.717) is 5.56 Å². The van der Waals surface area contributed by atoms with E-state index in [1.165, 1.54) is 28.8 Å². The van der Waals surface area contributed by atoms with Crippen LogP contribution in [0.15, 0.2) is 29.4 Å². The minimum Gasteiger partial charge on any atom is -0.478 e. The van der Waals surface area contributed by atoms with E-state index in [4.69, 9.17) is 5.11 Å². The van der Waals surface area contributed by atoms with E-state index in [1.54, 1.807) is 18.8 Å². The number of carboxylic acid groups (broad SMARTS) is 1. The van der Waals surface area contributed by atoms with Crippen molar-refractivity contribution in [2.75, 3.05) is 18.6 Å². The normalized spacial score (nSPS) is 19.4. The van der Waals surface area contributed by atoms with Crippen molar-refractivity contribution >= 4 is 33.8 Å². The van der Waals surface area contributed by atoms with Crippen molar-refractivity contribution in [3.05, 3.63) is 30.1 Å². The molecule has 2 heterocycles. The second-order valence-electron chi connectivity index (χ2n) is 4.66. The average Bonchev–Trinajstić information content (AvgIpc) is 2.98. The van der Waals surface area contributed by atoms with Crippen molar-refractivity contribution in [2.45, 2.75) is 17.4 Å². The molecule has 8 heteroatoms. The Hall–Kier alpha value is -1.38. The summed E-state index contributed by atoms with van der Waals surface area (Å²) in [5, 5.41) is 8.60. The molecular formula is C13H16N2O4S2. The van der Waals surface area contributed by atoms with Crippen LogP contribution in [0.5, 0.6) is 0 Å². The van der Waals surface area contributed by atoms with Gasteiger partial charge in [-0.25, -0.2) is 13.2 Å². The fourth-order valence-corrected chi connectivity index (χ4v) is 4.75. The monoisotopic (exact) mass is 328 g/mol. The van der Waals surface area contributed by atoms with Gasteiger partial charge in [-0.05, 0) is 29.9 Å². The number of hydrogen-bond acceptors (Lipinski definition) is 5. The van der Waals surface area contributed by atoms with Crippen molar-refractivity contribution in [2.24, 2.45) is 0 Å². The van der Waals surface area contributed by atoms with Gasteiger partial charge in [0.2, 0.25) is 10.0 Å². The molecule has 114 valence electrons. The highest BCUT2D eigenvalue weighted by molar-refractivity contribution is 7.99. The summed E-state index contributed by atoms with van der Waals surface area (Å²) in [6.45, 7) is 0. The molecule has 0 radical (unpaired) electrons. The predicted molar refractivity (Wildman–Crippen MR) is 81.6 cm³/mol. The maximum Gasteiger partial charge on any atom is 0.328 e. The van der Waals surface area contributed by atoms with Gasteiger partial charge in [0.25, 0.3) is 0 Å². The smallest absolute Gasteiger partial charge is 0.328 e. The minimum atomic E-state index is -3.61. The molecule has 0 aliphatic carbocycles. The fraction of sp³-hybridized carbons (Fsp3) is 0.385. The molecule has 2 rings (SSSR count). The van der Waals surface area contributed by atoms with Crippen LogP contribution in [0, 0.1) is 0 Å². The fourth-order valence-electron chi connectivity index (χ4n) is 2.01. The predicted octanol–water partition coefficient (Wildman–Crippen LogP) is 1.31. The first kappa shape index (κ1) is 16.0. The molecule has 1 unspecified atom stereocenters. The standard InChI is InChI=1S/C13H16N2O4S2/c1-15(11-4-5-20-9-11)21(18,19)12-6-10(7-14-8-12)2-3-13(16)17/h2-3,6-8,11H,4-5,9H2,1H3,(H,16,17). The topological polar surface area (TPSA) is 87.6 Å². The maximum atomic E-state index is 12.5. The first-order valence-electron chi connectivity index (χ1n) is 6.33. The number of nitrogens with zero attached hydrogens (tertiary/aromatic N) is 2. The van der Waals surface area contributed by atoms with Crippen LogP contribution in [0.3, 0.4) is 0 Å². The summed E-state index contributed by atoms with van der Waals surface area (Å²) in [5.41, 5.74) is 0.438. The minimum absolute atomic E-state index is 0.00165. The third-order valence-corrected chi connectivity index (χ3v) is 6.27. The summed E-state index contributed by atoms with van der Waals surface area (Å²) in [6.07, 6.45) is 5.81. The Bertz CT molecular complexity index is 652. The lowest BCUT2D eigenvalue weighted by Gasteiger charge is -2.23. The van der Waals surface area contributed by atoms with Gasteiger partial charge in [-0.1, -0.05) is 0 Å². The van der Waals surface area contributed by atoms with E-state index >= 15 is 0 Å². The maximum absolute atomic E-state index is 12.5. The molecule has 1 aliphatic heterocycles. The molecule has 1 aromatic rings. The van der Waals surface area contributed by atoms with Crippen LogP contribution in [0.2, 0.25) is 0 Å². The van der Waals surface area contributed by atoms with Crippen molar-refractivity contribution in [1.82, 2.24) is 9.29 Å². The van der Waals surface area contributed by atoms with Gasteiger partial charge >= 0.3 is 5.97 Å². The van der Waals surface area contributed by atoms with Gasteiger partial charge < -0.3 is 5.11 Å². The number of hydrogen-bond donors (Lipinski definition) is 1. The molecule has 21 heavy (non-hydrogen) atoms. The number of carboxylic acids is 1. The zero-order valence-corrected chi connectivity index (χ0v) is 13.1. The molecule has 0 bridgehead atoms. The molecule has 1 saturated heterocycles. The van der Waals surface area contributed by atoms with E-state index in [0.717, 1.165) is 24.0 Å². The number of rotatable bonds is 5. The largest absolute Gasteiger partial charge is 0.478 e. The molecule has 0 aromatic carbocycles. The Morgan fingerprint density at radius 1 is 1.52 bits per heavy atom. The Kier molecular flexibility index (Phi) is 5.02. The van der Waals surface area contributed by atoms with Crippen LogP contribution >= 0.6 is 11.8 Å². The molecular weight excluding hydrogens is 312 g/mol. The molecule has 0 amide bonds. The van der Waals surface area contributed by atoms with Gasteiger partial charge in [0, 0.05) is 37.3 Å². The third-order valence-electron chi connectivity index (χ3n) is 3.25. The van der Waals surface area contributed by atoms with Gasteiger partial charge in [-0.2, -0.15) is 16.1 Å². The molecule has 0 spiro atoms. The van der Waals surface area contributed by atoms with Gasteiger partial charge in [-0.3, -0.25) is 4.98 Å². The van der Waals surface area contributed by atoms with Crippen LogP contribution in [0.25, 0.3) is 6.08 Å². The molecule has 0 saturated carbocycles.